The van der Waals surface area contributed by atoms with Crippen LogP contribution in [0.5, 0.6) is 0 Å². The van der Waals surface area contributed by atoms with Crippen LogP contribution in [-0.2, 0) is 6.42 Å². The molecule has 2 heterocycles. The van der Waals surface area contributed by atoms with Crippen LogP contribution >= 0.6 is 0 Å². The first kappa shape index (κ1) is 15.2. The molecular formula is C18H20N4O. The monoisotopic (exact) mass is 308 g/mol. The van der Waals surface area contributed by atoms with Crippen molar-refractivity contribution in [1.82, 2.24) is 9.97 Å². The lowest BCUT2D eigenvalue weighted by atomic mass is 10.1. The van der Waals surface area contributed by atoms with E-state index in [0.717, 1.165) is 17.8 Å². The minimum atomic E-state index is -0.0883. The second kappa shape index (κ2) is 6.20. The molecule has 0 saturated heterocycles. The Hall–Kier alpha value is -2.69. The molecule has 0 saturated carbocycles. The first-order chi connectivity index (χ1) is 11.1. The average molecular weight is 308 g/mol. The summed E-state index contributed by atoms with van der Waals surface area (Å²) in [7, 11) is 0. The molecule has 2 aromatic rings. The zero-order valence-corrected chi connectivity index (χ0v) is 13.4. The van der Waals surface area contributed by atoms with E-state index in [1.807, 2.05) is 30.0 Å². The Morgan fingerprint density at radius 3 is 3.00 bits per heavy atom. The highest BCUT2D eigenvalue weighted by Crippen LogP contribution is 2.32. The molecule has 1 aliphatic rings. The van der Waals surface area contributed by atoms with E-state index in [1.54, 1.807) is 12.1 Å². The number of anilines is 2. The molecule has 5 heteroatoms. The van der Waals surface area contributed by atoms with Gasteiger partial charge >= 0.3 is 0 Å². The molecule has 23 heavy (non-hydrogen) atoms. The summed E-state index contributed by atoms with van der Waals surface area (Å²) in [5, 5.41) is 3.04. The third-order valence-electron chi connectivity index (χ3n) is 3.90. The largest absolute Gasteiger partial charge is 0.351 e. The molecule has 1 aliphatic heterocycles. The number of carbonyl (C=O) groups excluding carboxylic acids is 1. The Labute approximate surface area is 136 Å². The third-order valence-corrected chi connectivity index (χ3v) is 3.90. The molecule has 1 atom stereocenters. The number of benzene rings is 1. The van der Waals surface area contributed by atoms with Gasteiger partial charge in [0, 0.05) is 24.0 Å². The highest BCUT2D eigenvalue weighted by atomic mass is 16.2. The van der Waals surface area contributed by atoms with Crippen molar-refractivity contribution in [3.63, 3.8) is 0 Å². The molecule has 1 amide bonds. The average Bonchev–Trinajstić information content (AvgIpc) is 2.87. The Balaban J connectivity index is 1.94. The zero-order chi connectivity index (χ0) is 16.4. The Morgan fingerprint density at radius 2 is 2.22 bits per heavy atom. The van der Waals surface area contributed by atoms with Crippen LogP contribution in [0.1, 0.15) is 28.7 Å². The van der Waals surface area contributed by atoms with Crippen molar-refractivity contribution in [1.29, 1.82) is 0 Å². The summed E-state index contributed by atoms with van der Waals surface area (Å²) >= 11 is 0. The lowest BCUT2D eigenvalue weighted by Crippen LogP contribution is -2.36. The van der Waals surface area contributed by atoms with Crippen LogP contribution in [-0.4, -0.2) is 28.5 Å². The number of para-hydroxylation sites is 1. The molecule has 0 fully saturated rings. The highest BCUT2D eigenvalue weighted by Gasteiger charge is 2.32. The van der Waals surface area contributed by atoms with Crippen molar-refractivity contribution in [2.75, 3.05) is 16.8 Å². The van der Waals surface area contributed by atoms with Gasteiger partial charge in [-0.2, -0.15) is 0 Å². The van der Waals surface area contributed by atoms with Gasteiger partial charge < -0.3 is 10.2 Å². The number of hydrogen-bond donors (Lipinski definition) is 1. The topological polar surface area (TPSA) is 58.1 Å². The number of fused-ring (bicyclic) bond motifs is 1. The van der Waals surface area contributed by atoms with Gasteiger partial charge in [0.2, 0.25) is 5.95 Å². The van der Waals surface area contributed by atoms with E-state index >= 15 is 0 Å². The summed E-state index contributed by atoms with van der Waals surface area (Å²) in [4.78, 5) is 23.5. The minimum Gasteiger partial charge on any atom is -0.351 e. The van der Waals surface area contributed by atoms with Crippen LogP contribution in [0.2, 0.25) is 0 Å². The lowest BCUT2D eigenvalue weighted by Gasteiger charge is -2.22. The SMILES string of the molecule is C=CCNc1nc(C)cc(C(=O)N2c3ccccc3CC2C)n1. The summed E-state index contributed by atoms with van der Waals surface area (Å²) in [5.74, 6) is 0.364. The van der Waals surface area contributed by atoms with Crippen molar-refractivity contribution in [2.45, 2.75) is 26.3 Å². The van der Waals surface area contributed by atoms with Crippen molar-refractivity contribution in [2.24, 2.45) is 0 Å². The molecule has 0 radical (unpaired) electrons. The van der Waals surface area contributed by atoms with Gasteiger partial charge in [0.1, 0.15) is 5.69 Å². The second-order valence-electron chi connectivity index (χ2n) is 5.74. The predicted octanol–water partition coefficient (Wildman–Crippen LogP) is 2.97. The van der Waals surface area contributed by atoms with E-state index in [4.69, 9.17) is 0 Å². The normalized spacial score (nSPS) is 16.1. The molecule has 1 aromatic carbocycles. The maximum Gasteiger partial charge on any atom is 0.277 e. The maximum absolute atomic E-state index is 13.0. The second-order valence-corrected chi connectivity index (χ2v) is 5.74. The fraction of sp³-hybridized carbons (Fsp3) is 0.278. The summed E-state index contributed by atoms with van der Waals surface area (Å²) < 4.78 is 0. The lowest BCUT2D eigenvalue weighted by molar-refractivity contribution is 0.0976. The van der Waals surface area contributed by atoms with Gasteiger partial charge in [-0.1, -0.05) is 24.3 Å². The standard InChI is InChI=1S/C18H20N4O/c1-4-9-19-18-20-12(2)10-15(21-18)17(23)22-13(3)11-14-7-5-6-8-16(14)22/h4-8,10,13H,1,9,11H2,2-3H3,(H,19,20,21). The molecule has 0 bridgehead atoms. The Bertz CT molecular complexity index is 756. The predicted molar refractivity (Wildman–Crippen MR) is 91.9 cm³/mol. The summed E-state index contributed by atoms with van der Waals surface area (Å²) in [6, 6.07) is 9.88. The number of aromatic nitrogens is 2. The Morgan fingerprint density at radius 1 is 1.43 bits per heavy atom. The first-order valence-corrected chi connectivity index (χ1v) is 7.72. The molecule has 0 spiro atoms. The van der Waals surface area contributed by atoms with E-state index in [2.05, 4.69) is 34.9 Å². The van der Waals surface area contributed by atoms with Gasteiger partial charge in [0.05, 0.1) is 0 Å². The number of hydrogen-bond acceptors (Lipinski definition) is 4. The number of rotatable bonds is 4. The minimum absolute atomic E-state index is 0.0883. The number of carbonyl (C=O) groups is 1. The molecule has 3 rings (SSSR count). The van der Waals surface area contributed by atoms with Gasteiger partial charge in [-0.25, -0.2) is 9.97 Å². The fourth-order valence-electron chi connectivity index (χ4n) is 2.92. The molecule has 1 aromatic heterocycles. The van der Waals surface area contributed by atoms with Crippen LogP contribution in [0.3, 0.4) is 0 Å². The number of aryl methyl sites for hydroxylation is 1. The maximum atomic E-state index is 13.0. The smallest absolute Gasteiger partial charge is 0.277 e. The number of nitrogens with one attached hydrogen (secondary N) is 1. The van der Waals surface area contributed by atoms with Gasteiger partial charge in [0.25, 0.3) is 5.91 Å². The van der Waals surface area contributed by atoms with E-state index in [0.29, 0.717) is 18.2 Å². The zero-order valence-electron chi connectivity index (χ0n) is 13.4. The van der Waals surface area contributed by atoms with E-state index in [9.17, 15) is 4.79 Å². The van der Waals surface area contributed by atoms with E-state index in [1.165, 1.54) is 5.56 Å². The number of amides is 1. The van der Waals surface area contributed by atoms with Crippen molar-refractivity contribution in [3.8, 4) is 0 Å². The van der Waals surface area contributed by atoms with Crippen LogP contribution in [0.15, 0.2) is 43.0 Å². The van der Waals surface area contributed by atoms with Gasteiger partial charge in [-0.05, 0) is 38.0 Å². The van der Waals surface area contributed by atoms with Crippen LogP contribution in [0.25, 0.3) is 0 Å². The van der Waals surface area contributed by atoms with Crippen LogP contribution in [0.4, 0.5) is 11.6 Å². The van der Waals surface area contributed by atoms with Gasteiger partial charge in [-0.3, -0.25) is 4.79 Å². The summed E-state index contributed by atoms with van der Waals surface area (Å²) in [6.07, 6.45) is 2.60. The van der Waals surface area contributed by atoms with E-state index in [-0.39, 0.29) is 11.9 Å². The third kappa shape index (κ3) is 2.95. The van der Waals surface area contributed by atoms with Crippen molar-refractivity contribution >= 4 is 17.5 Å². The molecular weight excluding hydrogens is 288 g/mol. The first-order valence-electron chi connectivity index (χ1n) is 7.72. The molecule has 5 nitrogen and oxygen atoms in total. The summed E-state index contributed by atoms with van der Waals surface area (Å²) in [6.45, 7) is 8.13. The molecule has 1 N–H and O–H groups in total. The fourth-order valence-corrected chi connectivity index (χ4v) is 2.92. The number of nitrogens with zero attached hydrogens (tertiary/aromatic N) is 3. The Kier molecular flexibility index (Phi) is 4.10. The van der Waals surface area contributed by atoms with Gasteiger partial charge in [0.15, 0.2) is 0 Å². The van der Waals surface area contributed by atoms with Crippen molar-refractivity contribution in [3.05, 3.63) is 59.9 Å². The van der Waals surface area contributed by atoms with Crippen LogP contribution < -0.4 is 10.2 Å². The van der Waals surface area contributed by atoms with Crippen molar-refractivity contribution < 1.29 is 4.79 Å². The highest BCUT2D eigenvalue weighted by molar-refractivity contribution is 6.06. The summed E-state index contributed by atoms with van der Waals surface area (Å²) in [5.41, 5.74) is 3.34. The van der Waals surface area contributed by atoms with Gasteiger partial charge in [-0.15, -0.1) is 6.58 Å². The molecule has 0 aliphatic carbocycles. The van der Waals surface area contributed by atoms with Crippen LogP contribution in [0, 0.1) is 6.92 Å². The molecule has 1 unspecified atom stereocenters. The molecule has 118 valence electrons. The van der Waals surface area contributed by atoms with E-state index < -0.39 is 0 Å². The quantitative estimate of drug-likeness (QED) is 0.882.